The number of hydrogen-bond donors (Lipinski definition) is 0. The fourth-order valence-electron chi connectivity index (χ4n) is 2.28. The summed E-state index contributed by atoms with van der Waals surface area (Å²) in [6.07, 6.45) is 5.46. The van der Waals surface area contributed by atoms with E-state index >= 15 is 0 Å². The standard InChI is InChI=1S/C16H17N5/c1-20(2)14-6-4-12(5-7-14)16-15(11-21(3)19-16)13-8-9-17-18-10-13/h4-11H,1-3H3. The maximum absolute atomic E-state index is 4.59. The van der Waals surface area contributed by atoms with Crippen LogP contribution < -0.4 is 4.90 Å². The molecule has 0 fully saturated rings. The van der Waals surface area contributed by atoms with E-state index in [-0.39, 0.29) is 0 Å². The lowest BCUT2D eigenvalue weighted by Crippen LogP contribution is -2.07. The van der Waals surface area contributed by atoms with Crippen LogP contribution in [-0.4, -0.2) is 34.1 Å². The summed E-state index contributed by atoms with van der Waals surface area (Å²) in [6, 6.07) is 10.3. The van der Waals surface area contributed by atoms with Crippen LogP contribution in [0.5, 0.6) is 0 Å². The van der Waals surface area contributed by atoms with Crippen molar-refractivity contribution in [3.63, 3.8) is 0 Å². The van der Waals surface area contributed by atoms with E-state index in [0.29, 0.717) is 0 Å². The summed E-state index contributed by atoms with van der Waals surface area (Å²) in [4.78, 5) is 2.08. The van der Waals surface area contributed by atoms with Crippen LogP contribution in [0.1, 0.15) is 0 Å². The molecule has 3 rings (SSSR count). The van der Waals surface area contributed by atoms with Crippen molar-refractivity contribution in [2.75, 3.05) is 19.0 Å². The Morgan fingerprint density at radius 1 is 0.952 bits per heavy atom. The number of nitrogens with zero attached hydrogens (tertiary/aromatic N) is 5. The maximum atomic E-state index is 4.59. The second-order valence-corrected chi connectivity index (χ2v) is 5.14. The molecule has 0 N–H and O–H groups in total. The second kappa shape index (κ2) is 5.36. The number of aromatic nitrogens is 4. The quantitative estimate of drug-likeness (QED) is 0.739. The third-order valence-electron chi connectivity index (χ3n) is 3.38. The molecule has 0 aliphatic rings. The average Bonchev–Trinajstić information content (AvgIpc) is 2.90. The van der Waals surface area contributed by atoms with Crippen LogP contribution in [0, 0.1) is 0 Å². The van der Waals surface area contributed by atoms with Crippen LogP contribution in [0.4, 0.5) is 5.69 Å². The van der Waals surface area contributed by atoms with E-state index < -0.39 is 0 Å². The molecule has 0 saturated carbocycles. The van der Waals surface area contributed by atoms with Gasteiger partial charge in [-0.05, 0) is 18.2 Å². The highest BCUT2D eigenvalue weighted by atomic mass is 15.3. The molecule has 21 heavy (non-hydrogen) atoms. The summed E-state index contributed by atoms with van der Waals surface area (Å²) in [5, 5.41) is 12.4. The van der Waals surface area contributed by atoms with Crippen LogP contribution >= 0.6 is 0 Å². The van der Waals surface area contributed by atoms with Crippen molar-refractivity contribution in [1.82, 2.24) is 20.0 Å². The Hall–Kier alpha value is -2.69. The van der Waals surface area contributed by atoms with Gasteiger partial charge in [-0.15, -0.1) is 0 Å². The van der Waals surface area contributed by atoms with Gasteiger partial charge < -0.3 is 4.90 Å². The Labute approximate surface area is 123 Å². The summed E-state index contributed by atoms with van der Waals surface area (Å²) in [6.45, 7) is 0. The molecule has 0 bridgehead atoms. The normalized spacial score (nSPS) is 10.6. The van der Waals surface area contributed by atoms with E-state index in [0.717, 1.165) is 22.4 Å². The first kappa shape index (κ1) is 13.3. The Balaban J connectivity index is 2.07. The molecule has 2 aromatic heterocycles. The highest BCUT2D eigenvalue weighted by Crippen LogP contribution is 2.31. The topological polar surface area (TPSA) is 46.8 Å². The minimum absolute atomic E-state index is 0.954. The molecule has 1 aromatic carbocycles. The molecule has 0 saturated heterocycles. The fourth-order valence-corrected chi connectivity index (χ4v) is 2.28. The average molecular weight is 279 g/mol. The van der Waals surface area contributed by atoms with E-state index in [1.807, 2.05) is 38.1 Å². The Kier molecular flexibility index (Phi) is 3.39. The molecule has 106 valence electrons. The van der Waals surface area contributed by atoms with E-state index in [4.69, 9.17) is 0 Å². The van der Waals surface area contributed by atoms with Crippen LogP contribution in [-0.2, 0) is 7.05 Å². The third kappa shape index (κ3) is 2.63. The van der Waals surface area contributed by atoms with Crippen LogP contribution in [0.15, 0.2) is 48.9 Å². The molecule has 0 spiro atoms. The van der Waals surface area contributed by atoms with Crippen molar-refractivity contribution in [3.8, 4) is 22.4 Å². The van der Waals surface area contributed by atoms with E-state index in [2.05, 4.69) is 44.5 Å². The van der Waals surface area contributed by atoms with Gasteiger partial charge in [-0.3, -0.25) is 4.68 Å². The van der Waals surface area contributed by atoms with Gasteiger partial charge >= 0.3 is 0 Å². The van der Waals surface area contributed by atoms with Crippen molar-refractivity contribution in [3.05, 3.63) is 48.9 Å². The van der Waals surface area contributed by atoms with Crippen molar-refractivity contribution in [2.45, 2.75) is 0 Å². The second-order valence-electron chi connectivity index (χ2n) is 5.14. The zero-order valence-electron chi connectivity index (χ0n) is 12.4. The summed E-state index contributed by atoms with van der Waals surface area (Å²) >= 11 is 0. The van der Waals surface area contributed by atoms with Crippen molar-refractivity contribution in [2.24, 2.45) is 7.05 Å². The predicted molar refractivity (Wildman–Crippen MR) is 84.0 cm³/mol. The minimum Gasteiger partial charge on any atom is -0.378 e. The van der Waals surface area contributed by atoms with Gasteiger partial charge in [0.05, 0.1) is 12.4 Å². The molecule has 2 heterocycles. The zero-order valence-corrected chi connectivity index (χ0v) is 12.4. The zero-order chi connectivity index (χ0) is 14.8. The molecule has 5 heteroatoms. The lowest BCUT2D eigenvalue weighted by Gasteiger charge is -2.12. The van der Waals surface area contributed by atoms with Crippen LogP contribution in [0.25, 0.3) is 22.4 Å². The maximum Gasteiger partial charge on any atom is 0.100 e. The van der Waals surface area contributed by atoms with Crippen molar-refractivity contribution in [1.29, 1.82) is 0 Å². The minimum atomic E-state index is 0.954. The highest BCUT2D eigenvalue weighted by molar-refractivity contribution is 5.80. The van der Waals surface area contributed by atoms with Crippen LogP contribution in [0.2, 0.25) is 0 Å². The largest absolute Gasteiger partial charge is 0.378 e. The first-order valence-corrected chi connectivity index (χ1v) is 6.73. The van der Waals surface area contributed by atoms with Gasteiger partial charge in [0.1, 0.15) is 5.69 Å². The van der Waals surface area contributed by atoms with Gasteiger partial charge in [-0.2, -0.15) is 15.3 Å². The monoisotopic (exact) mass is 279 g/mol. The summed E-state index contributed by atoms with van der Waals surface area (Å²) in [5.41, 5.74) is 5.29. The lowest BCUT2D eigenvalue weighted by molar-refractivity contribution is 0.771. The molecule has 3 aromatic rings. The van der Waals surface area contributed by atoms with Gasteiger partial charge in [-0.1, -0.05) is 12.1 Å². The number of benzene rings is 1. The number of anilines is 1. The molecule has 0 unspecified atom stereocenters. The van der Waals surface area contributed by atoms with Gasteiger partial charge in [0.15, 0.2) is 0 Å². The van der Waals surface area contributed by atoms with E-state index in [1.54, 1.807) is 12.4 Å². The van der Waals surface area contributed by atoms with Gasteiger partial charge in [0, 0.05) is 49.7 Å². The molecule has 0 aliphatic carbocycles. The Morgan fingerprint density at radius 3 is 2.33 bits per heavy atom. The molecular formula is C16H17N5. The molecule has 5 nitrogen and oxygen atoms in total. The lowest BCUT2D eigenvalue weighted by atomic mass is 10.0. The van der Waals surface area contributed by atoms with Gasteiger partial charge in [0.2, 0.25) is 0 Å². The SMILES string of the molecule is CN(C)c1ccc(-c2nn(C)cc2-c2ccnnc2)cc1. The van der Waals surface area contributed by atoms with Gasteiger partial charge in [-0.25, -0.2) is 0 Å². The van der Waals surface area contributed by atoms with E-state index in [1.165, 1.54) is 5.69 Å². The summed E-state index contributed by atoms with van der Waals surface area (Å²) in [5.74, 6) is 0. The molecular weight excluding hydrogens is 262 g/mol. The molecule has 0 aliphatic heterocycles. The summed E-state index contributed by atoms with van der Waals surface area (Å²) < 4.78 is 1.82. The Morgan fingerprint density at radius 2 is 1.71 bits per heavy atom. The van der Waals surface area contributed by atoms with E-state index in [9.17, 15) is 0 Å². The van der Waals surface area contributed by atoms with Crippen LogP contribution in [0.3, 0.4) is 0 Å². The molecule has 0 atom stereocenters. The first-order valence-electron chi connectivity index (χ1n) is 6.73. The highest BCUT2D eigenvalue weighted by Gasteiger charge is 2.12. The van der Waals surface area contributed by atoms with Crippen molar-refractivity contribution >= 4 is 5.69 Å². The van der Waals surface area contributed by atoms with Gasteiger partial charge in [0.25, 0.3) is 0 Å². The number of hydrogen-bond acceptors (Lipinski definition) is 4. The number of rotatable bonds is 3. The number of aryl methyl sites for hydroxylation is 1. The molecule has 0 radical (unpaired) electrons. The third-order valence-corrected chi connectivity index (χ3v) is 3.38. The smallest absolute Gasteiger partial charge is 0.100 e. The fraction of sp³-hybridized carbons (Fsp3) is 0.188. The Bertz CT molecular complexity index is 729. The molecule has 0 amide bonds. The first-order chi connectivity index (χ1) is 10.1. The summed E-state index contributed by atoms with van der Waals surface area (Å²) in [7, 11) is 5.99. The van der Waals surface area contributed by atoms with Crippen molar-refractivity contribution < 1.29 is 0 Å². The predicted octanol–water partition coefficient (Wildman–Crippen LogP) is 2.61.